The third-order valence-corrected chi connectivity index (χ3v) is 3.96. The van der Waals surface area contributed by atoms with Crippen LogP contribution in [0.4, 0.5) is 4.39 Å². The molecular weight excluding hydrogens is 315 g/mol. The highest BCUT2D eigenvalue weighted by molar-refractivity contribution is 5.64. The van der Waals surface area contributed by atoms with E-state index in [0.717, 1.165) is 23.1 Å². The molecule has 0 bridgehead atoms. The maximum Gasteiger partial charge on any atom is 0.222 e. The molecule has 25 heavy (non-hydrogen) atoms. The smallest absolute Gasteiger partial charge is 0.222 e. The Hall–Kier alpha value is -2.41. The van der Waals surface area contributed by atoms with Gasteiger partial charge in [-0.25, -0.2) is 4.39 Å². The van der Waals surface area contributed by atoms with E-state index >= 15 is 0 Å². The number of benzene rings is 2. The Kier molecular flexibility index (Phi) is 6.00. The molecule has 1 heterocycles. The van der Waals surface area contributed by atoms with E-state index in [9.17, 15) is 4.39 Å². The number of halogens is 1. The van der Waals surface area contributed by atoms with Crippen LogP contribution in [0.25, 0.3) is 11.1 Å². The van der Waals surface area contributed by atoms with Crippen LogP contribution < -0.4 is 0 Å². The monoisotopic (exact) mass is 336 g/mol. The minimum atomic E-state index is -0.469. The molecule has 1 aliphatic rings. The van der Waals surface area contributed by atoms with Crippen LogP contribution in [0.1, 0.15) is 18.9 Å². The van der Waals surface area contributed by atoms with Crippen molar-refractivity contribution in [3.63, 3.8) is 0 Å². The minimum absolute atomic E-state index is 0.230. The molecule has 0 unspecified atom stereocenters. The number of rotatable bonds is 3. The van der Waals surface area contributed by atoms with Gasteiger partial charge in [-0.2, -0.15) is 0 Å². The van der Waals surface area contributed by atoms with Crippen molar-refractivity contribution in [2.75, 3.05) is 13.2 Å². The van der Waals surface area contributed by atoms with Crippen molar-refractivity contribution in [2.45, 2.75) is 19.6 Å². The first-order valence-electron chi connectivity index (χ1n) is 8.52. The first kappa shape index (κ1) is 17.4. The van der Waals surface area contributed by atoms with E-state index in [1.165, 1.54) is 12.1 Å². The molecule has 1 aliphatic heterocycles. The van der Waals surface area contributed by atoms with E-state index in [2.05, 4.69) is 30.9 Å². The first-order chi connectivity index (χ1) is 12.2. The summed E-state index contributed by atoms with van der Waals surface area (Å²) in [6.45, 7) is 3.38. The zero-order valence-electron chi connectivity index (χ0n) is 14.2. The van der Waals surface area contributed by atoms with Crippen molar-refractivity contribution in [1.82, 2.24) is 0 Å². The molecule has 128 valence electrons. The Labute approximate surface area is 148 Å². The number of hydrogen-bond donors (Lipinski definition) is 0. The fraction of sp³-hybridized carbons (Fsp3) is 0.273. The fourth-order valence-electron chi connectivity index (χ4n) is 2.57. The van der Waals surface area contributed by atoms with Gasteiger partial charge < -0.3 is 9.47 Å². The molecule has 1 fully saturated rings. The average molecular weight is 336 g/mol. The third-order valence-electron chi connectivity index (χ3n) is 3.96. The zero-order chi connectivity index (χ0) is 17.5. The largest absolute Gasteiger partial charge is 0.341 e. The minimum Gasteiger partial charge on any atom is -0.341 e. The van der Waals surface area contributed by atoms with Crippen molar-refractivity contribution in [3.05, 3.63) is 72.1 Å². The summed E-state index contributed by atoms with van der Waals surface area (Å²) in [4.78, 5) is 0. The molecule has 0 amide bonds. The van der Waals surface area contributed by atoms with E-state index in [0.29, 0.717) is 19.1 Å². The van der Waals surface area contributed by atoms with E-state index in [-0.39, 0.29) is 5.82 Å². The Balaban J connectivity index is 1.58. The quantitative estimate of drug-likeness (QED) is 0.592. The summed E-state index contributed by atoms with van der Waals surface area (Å²) >= 11 is 0. The average Bonchev–Trinajstić information content (AvgIpc) is 2.67. The summed E-state index contributed by atoms with van der Waals surface area (Å²) < 4.78 is 24.2. The highest BCUT2D eigenvalue weighted by atomic mass is 19.1. The molecule has 0 radical (unpaired) electrons. The molecule has 0 aliphatic carbocycles. The Morgan fingerprint density at radius 2 is 1.60 bits per heavy atom. The van der Waals surface area contributed by atoms with Crippen molar-refractivity contribution in [2.24, 2.45) is 5.92 Å². The molecule has 0 aromatic heterocycles. The lowest BCUT2D eigenvalue weighted by atomic mass is 10.0. The first-order valence-corrected chi connectivity index (χ1v) is 8.52. The molecule has 1 saturated heterocycles. The molecule has 0 N–H and O–H groups in total. The van der Waals surface area contributed by atoms with Crippen LogP contribution in [0.5, 0.6) is 0 Å². The van der Waals surface area contributed by atoms with Gasteiger partial charge in [-0.3, -0.25) is 0 Å². The summed E-state index contributed by atoms with van der Waals surface area (Å²) in [5.74, 6) is 6.18. The molecule has 2 aromatic carbocycles. The summed E-state index contributed by atoms with van der Waals surface area (Å²) in [6.07, 6.45) is 4.82. The molecule has 2 nitrogen and oxygen atoms in total. The van der Waals surface area contributed by atoms with Crippen LogP contribution in [0.15, 0.2) is 60.7 Å². The van der Waals surface area contributed by atoms with Gasteiger partial charge in [-0.15, -0.1) is 0 Å². The van der Waals surface area contributed by atoms with Crippen molar-refractivity contribution < 1.29 is 13.9 Å². The number of allylic oxidation sites excluding steroid dienone is 1. The summed E-state index contributed by atoms with van der Waals surface area (Å²) in [6, 6.07) is 14.3. The fourth-order valence-corrected chi connectivity index (χ4v) is 2.57. The van der Waals surface area contributed by atoms with Gasteiger partial charge in [-0.1, -0.05) is 49.3 Å². The highest BCUT2D eigenvalue weighted by Gasteiger charge is 2.18. The Morgan fingerprint density at radius 1 is 1.00 bits per heavy atom. The predicted octanol–water partition coefficient (Wildman–Crippen LogP) is 4.80. The lowest BCUT2D eigenvalue weighted by molar-refractivity contribution is -0.160. The molecule has 2 aromatic rings. The second-order valence-electron chi connectivity index (χ2n) is 5.95. The maximum absolute atomic E-state index is 13.0. The zero-order valence-corrected chi connectivity index (χ0v) is 14.2. The van der Waals surface area contributed by atoms with Gasteiger partial charge in [-0.05, 0) is 47.7 Å². The van der Waals surface area contributed by atoms with E-state index in [1.807, 2.05) is 24.3 Å². The lowest BCUT2D eigenvalue weighted by Crippen LogP contribution is -2.30. The van der Waals surface area contributed by atoms with Gasteiger partial charge >= 0.3 is 0 Å². The van der Waals surface area contributed by atoms with Crippen LogP contribution in [0.2, 0.25) is 0 Å². The van der Waals surface area contributed by atoms with Gasteiger partial charge in [0.2, 0.25) is 6.29 Å². The molecule has 3 heteroatoms. The van der Waals surface area contributed by atoms with E-state index < -0.39 is 6.29 Å². The van der Waals surface area contributed by atoms with Crippen LogP contribution in [-0.2, 0) is 9.47 Å². The predicted molar refractivity (Wildman–Crippen MR) is 97.3 cm³/mol. The summed E-state index contributed by atoms with van der Waals surface area (Å²) in [5.41, 5.74) is 2.90. The highest BCUT2D eigenvalue weighted by Crippen LogP contribution is 2.20. The van der Waals surface area contributed by atoms with Crippen LogP contribution in [-0.4, -0.2) is 19.5 Å². The standard InChI is InChI=1S/C22H21FO2/c1-2-3-4-18-15-24-22(25-16-18)14-7-17-5-8-19(9-6-17)20-10-12-21(23)13-11-20/h3-6,8-13,18,22H,2,15-16H2,1H3. The van der Waals surface area contributed by atoms with Crippen LogP contribution >= 0.6 is 0 Å². The van der Waals surface area contributed by atoms with Gasteiger partial charge in [0.25, 0.3) is 0 Å². The second kappa shape index (κ2) is 8.62. The number of hydrogen-bond acceptors (Lipinski definition) is 2. The number of ether oxygens (including phenoxy) is 2. The van der Waals surface area contributed by atoms with Crippen LogP contribution in [0, 0.1) is 23.6 Å². The maximum atomic E-state index is 13.0. The van der Waals surface area contributed by atoms with E-state index in [1.54, 1.807) is 12.1 Å². The van der Waals surface area contributed by atoms with Crippen LogP contribution in [0.3, 0.4) is 0 Å². The Bertz CT molecular complexity index is 758. The van der Waals surface area contributed by atoms with Crippen molar-refractivity contribution in [1.29, 1.82) is 0 Å². The van der Waals surface area contributed by atoms with E-state index in [4.69, 9.17) is 9.47 Å². The van der Waals surface area contributed by atoms with Crippen molar-refractivity contribution >= 4 is 0 Å². The molecule has 0 spiro atoms. The van der Waals surface area contributed by atoms with Crippen molar-refractivity contribution in [3.8, 4) is 23.0 Å². The normalized spacial score (nSPS) is 20.2. The second-order valence-corrected chi connectivity index (χ2v) is 5.95. The topological polar surface area (TPSA) is 18.5 Å². The van der Waals surface area contributed by atoms with Gasteiger partial charge in [0.05, 0.1) is 13.2 Å². The SMILES string of the molecule is CCC=CC1COC(C#Cc2ccc(-c3ccc(F)cc3)cc2)OC1. The summed E-state index contributed by atoms with van der Waals surface area (Å²) in [7, 11) is 0. The van der Waals surface area contributed by atoms with Gasteiger partial charge in [0.15, 0.2) is 0 Å². The van der Waals surface area contributed by atoms with Gasteiger partial charge in [0, 0.05) is 11.5 Å². The third kappa shape index (κ3) is 5.03. The molecule has 0 saturated carbocycles. The Morgan fingerprint density at radius 3 is 2.20 bits per heavy atom. The van der Waals surface area contributed by atoms with Gasteiger partial charge in [0.1, 0.15) is 5.82 Å². The summed E-state index contributed by atoms with van der Waals surface area (Å²) in [5, 5.41) is 0. The molecule has 3 rings (SSSR count). The molecular formula is C22H21FO2. The lowest BCUT2D eigenvalue weighted by Gasteiger charge is -2.24. The molecule has 0 atom stereocenters.